The zero-order valence-electron chi connectivity index (χ0n) is 15.4. The molecule has 2 heterocycles. The number of aromatic nitrogens is 2. The average molecular weight is 327 g/mol. The van der Waals surface area contributed by atoms with E-state index in [2.05, 4.69) is 30.7 Å². The maximum absolute atomic E-state index is 12.8. The Morgan fingerprint density at radius 2 is 2.04 bits per heavy atom. The minimum Gasteiger partial charge on any atom is -0.299 e. The van der Waals surface area contributed by atoms with Crippen LogP contribution >= 0.6 is 0 Å². The highest BCUT2D eigenvalue weighted by atomic mass is 16.1. The third-order valence-electron chi connectivity index (χ3n) is 5.56. The van der Waals surface area contributed by atoms with Gasteiger partial charge < -0.3 is 0 Å². The number of hydrogen-bond donors (Lipinski definition) is 0. The maximum Gasteiger partial charge on any atom is 0.261 e. The van der Waals surface area contributed by atoms with Crippen LogP contribution in [0, 0.1) is 13.8 Å². The molecule has 0 unspecified atom stereocenters. The Labute approximate surface area is 144 Å². The topological polar surface area (TPSA) is 38.1 Å². The van der Waals surface area contributed by atoms with Gasteiger partial charge in [-0.25, -0.2) is 4.98 Å². The van der Waals surface area contributed by atoms with Gasteiger partial charge in [-0.2, -0.15) is 0 Å². The lowest BCUT2D eigenvalue weighted by molar-refractivity contribution is 0.102. The number of fused-ring (bicyclic) bond motifs is 1. The van der Waals surface area contributed by atoms with Crippen LogP contribution in [-0.2, 0) is 6.54 Å². The Hall–Kier alpha value is -1.68. The normalized spacial score (nSPS) is 19.3. The first kappa shape index (κ1) is 17.2. The number of likely N-dealkylation sites (tertiary alicyclic amines) is 1. The molecular formula is C20H29N3O. The molecule has 1 atom stereocenters. The van der Waals surface area contributed by atoms with E-state index < -0.39 is 0 Å². The van der Waals surface area contributed by atoms with Crippen LogP contribution in [0.1, 0.15) is 50.7 Å². The summed E-state index contributed by atoms with van der Waals surface area (Å²) in [6, 6.07) is 5.10. The third-order valence-corrected chi connectivity index (χ3v) is 5.56. The predicted molar refractivity (Wildman–Crippen MR) is 99.6 cm³/mol. The third kappa shape index (κ3) is 3.25. The van der Waals surface area contributed by atoms with Crippen molar-refractivity contribution in [3.05, 3.63) is 39.9 Å². The molecule has 24 heavy (non-hydrogen) atoms. The molecule has 1 aliphatic rings. The zero-order valence-corrected chi connectivity index (χ0v) is 15.4. The predicted octanol–water partition coefficient (Wildman–Crippen LogP) is 3.67. The quantitative estimate of drug-likeness (QED) is 0.860. The van der Waals surface area contributed by atoms with Gasteiger partial charge in [-0.3, -0.25) is 14.3 Å². The van der Waals surface area contributed by atoms with Crippen LogP contribution in [0.25, 0.3) is 10.9 Å². The molecule has 0 spiro atoms. The van der Waals surface area contributed by atoms with E-state index in [0.717, 1.165) is 29.4 Å². The summed E-state index contributed by atoms with van der Waals surface area (Å²) in [6.45, 7) is 10.6. The van der Waals surface area contributed by atoms with Crippen molar-refractivity contribution < 1.29 is 0 Å². The Morgan fingerprint density at radius 3 is 2.79 bits per heavy atom. The van der Waals surface area contributed by atoms with E-state index in [4.69, 9.17) is 0 Å². The van der Waals surface area contributed by atoms with E-state index in [1.807, 2.05) is 19.1 Å². The Bertz CT molecular complexity index is 778. The highest BCUT2D eigenvalue weighted by molar-refractivity contribution is 5.81. The van der Waals surface area contributed by atoms with Gasteiger partial charge in [0.05, 0.1) is 17.2 Å². The van der Waals surface area contributed by atoms with Crippen molar-refractivity contribution in [2.75, 3.05) is 6.54 Å². The molecule has 0 saturated carbocycles. The number of nitrogens with zero attached hydrogens (tertiary/aromatic N) is 3. The fourth-order valence-electron chi connectivity index (χ4n) is 3.93. The molecule has 1 aliphatic heterocycles. The molecule has 0 aliphatic carbocycles. The molecule has 0 radical (unpaired) electrons. The van der Waals surface area contributed by atoms with Crippen molar-refractivity contribution >= 4 is 10.9 Å². The molecule has 1 fully saturated rings. The van der Waals surface area contributed by atoms with E-state index in [1.54, 1.807) is 10.9 Å². The molecule has 3 rings (SSSR count). The van der Waals surface area contributed by atoms with Gasteiger partial charge in [0, 0.05) is 18.6 Å². The number of rotatable bonds is 4. The Balaban J connectivity index is 1.82. The van der Waals surface area contributed by atoms with Crippen LogP contribution in [0.4, 0.5) is 0 Å². The maximum atomic E-state index is 12.8. The Kier molecular flexibility index (Phi) is 5.04. The molecular weight excluding hydrogens is 298 g/mol. The summed E-state index contributed by atoms with van der Waals surface area (Å²) in [7, 11) is 0. The van der Waals surface area contributed by atoms with Crippen molar-refractivity contribution in [3.63, 3.8) is 0 Å². The minimum absolute atomic E-state index is 0.0926. The molecule has 130 valence electrons. The summed E-state index contributed by atoms with van der Waals surface area (Å²) in [5.74, 6) is 0. The van der Waals surface area contributed by atoms with Gasteiger partial charge in [0.25, 0.3) is 5.56 Å². The second-order valence-electron chi connectivity index (χ2n) is 7.42. The van der Waals surface area contributed by atoms with Crippen molar-refractivity contribution in [1.29, 1.82) is 0 Å². The smallest absolute Gasteiger partial charge is 0.261 e. The standard InChI is InChI=1S/C20H29N3O/c1-14(2)23-11-6-5-7-17(23)10-12-22-13-21-19-16(4)15(3)8-9-18(19)20(22)24/h8-9,13-14,17H,5-7,10-12H2,1-4H3/t17-/m0/s1. The Morgan fingerprint density at radius 1 is 1.25 bits per heavy atom. The minimum atomic E-state index is 0.0926. The van der Waals surface area contributed by atoms with Gasteiger partial charge in [0.1, 0.15) is 0 Å². The van der Waals surface area contributed by atoms with E-state index in [-0.39, 0.29) is 5.56 Å². The summed E-state index contributed by atoms with van der Waals surface area (Å²) < 4.78 is 1.80. The lowest BCUT2D eigenvalue weighted by Gasteiger charge is -2.38. The van der Waals surface area contributed by atoms with Crippen LogP contribution in [0.2, 0.25) is 0 Å². The number of aryl methyl sites for hydroxylation is 3. The highest BCUT2D eigenvalue weighted by Gasteiger charge is 2.24. The number of hydrogen-bond acceptors (Lipinski definition) is 3. The van der Waals surface area contributed by atoms with Gasteiger partial charge in [0.15, 0.2) is 0 Å². The number of benzene rings is 1. The molecule has 4 heteroatoms. The zero-order chi connectivity index (χ0) is 17.3. The monoisotopic (exact) mass is 327 g/mol. The highest BCUT2D eigenvalue weighted by Crippen LogP contribution is 2.22. The van der Waals surface area contributed by atoms with Crippen molar-refractivity contribution in [2.45, 2.75) is 72.0 Å². The average Bonchev–Trinajstić information content (AvgIpc) is 2.58. The van der Waals surface area contributed by atoms with E-state index in [9.17, 15) is 4.79 Å². The molecule has 1 saturated heterocycles. The summed E-state index contributed by atoms with van der Waals surface area (Å²) >= 11 is 0. The lowest BCUT2D eigenvalue weighted by atomic mass is 9.97. The van der Waals surface area contributed by atoms with Crippen LogP contribution in [-0.4, -0.2) is 33.1 Å². The molecule has 4 nitrogen and oxygen atoms in total. The molecule has 1 aromatic carbocycles. The summed E-state index contributed by atoms with van der Waals surface area (Å²) in [4.78, 5) is 20.0. The fourth-order valence-corrected chi connectivity index (χ4v) is 3.93. The summed E-state index contributed by atoms with van der Waals surface area (Å²) in [5.41, 5.74) is 3.23. The van der Waals surface area contributed by atoms with Crippen LogP contribution in [0.15, 0.2) is 23.3 Å². The van der Waals surface area contributed by atoms with E-state index in [0.29, 0.717) is 12.1 Å². The van der Waals surface area contributed by atoms with Gasteiger partial charge in [-0.1, -0.05) is 12.5 Å². The molecule has 2 aromatic rings. The van der Waals surface area contributed by atoms with Gasteiger partial charge in [0.2, 0.25) is 0 Å². The van der Waals surface area contributed by atoms with Crippen LogP contribution in [0.5, 0.6) is 0 Å². The second-order valence-corrected chi connectivity index (χ2v) is 7.42. The van der Waals surface area contributed by atoms with Crippen molar-refractivity contribution in [1.82, 2.24) is 14.5 Å². The largest absolute Gasteiger partial charge is 0.299 e. The van der Waals surface area contributed by atoms with Crippen LogP contribution < -0.4 is 5.56 Å². The first-order chi connectivity index (χ1) is 11.5. The van der Waals surface area contributed by atoms with E-state index >= 15 is 0 Å². The second kappa shape index (κ2) is 7.06. The number of piperidine rings is 1. The van der Waals surface area contributed by atoms with Crippen molar-refractivity contribution in [3.8, 4) is 0 Å². The SMILES string of the molecule is Cc1ccc2c(=O)n(CC[C@@H]3CCCCN3C(C)C)cnc2c1C. The molecule has 0 amide bonds. The molecule has 0 N–H and O–H groups in total. The van der Waals surface area contributed by atoms with Crippen LogP contribution in [0.3, 0.4) is 0 Å². The first-order valence-corrected chi connectivity index (χ1v) is 9.20. The van der Waals surface area contributed by atoms with Gasteiger partial charge >= 0.3 is 0 Å². The van der Waals surface area contributed by atoms with E-state index in [1.165, 1.54) is 31.4 Å². The first-order valence-electron chi connectivity index (χ1n) is 9.20. The van der Waals surface area contributed by atoms with Gasteiger partial charge in [-0.15, -0.1) is 0 Å². The molecule has 0 bridgehead atoms. The van der Waals surface area contributed by atoms with Crippen molar-refractivity contribution in [2.24, 2.45) is 0 Å². The summed E-state index contributed by atoms with van der Waals surface area (Å²) in [5, 5.41) is 0.741. The lowest BCUT2D eigenvalue weighted by Crippen LogP contribution is -2.44. The fraction of sp³-hybridized carbons (Fsp3) is 0.600. The summed E-state index contributed by atoms with van der Waals surface area (Å²) in [6.07, 6.45) is 6.60. The molecule has 1 aromatic heterocycles. The van der Waals surface area contributed by atoms with Gasteiger partial charge in [-0.05, 0) is 70.7 Å².